The van der Waals surface area contributed by atoms with Crippen LogP contribution in [0.4, 0.5) is 4.79 Å². The van der Waals surface area contributed by atoms with Gasteiger partial charge in [0.05, 0.1) is 4.90 Å². The molecule has 0 spiro atoms. The normalized spacial score (nSPS) is 12.0. The van der Waals surface area contributed by atoms with Gasteiger partial charge >= 0.3 is 6.09 Å². The van der Waals surface area contributed by atoms with Crippen LogP contribution in [-0.4, -0.2) is 36.5 Å². The van der Waals surface area contributed by atoms with E-state index in [2.05, 4.69) is 15.5 Å². The molecule has 9 heteroatoms. The first kappa shape index (κ1) is 17.9. The van der Waals surface area contributed by atoms with E-state index in [0.29, 0.717) is 11.4 Å². The van der Waals surface area contributed by atoms with Crippen LogP contribution in [0.15, 0.2) is 33.7 Å². The Hall–Kier alpha value is -2.42. The number of hydrogen-bond donors (Lipinski definition) is 1. The summed E-state index contributed by atoms with van der Waals surface area (Å²) in [6.07, 6.45) is 0.552. The highest BCUT2D eigenvalue weighted by Crippen LogP contribution is 2.18. The Labute approximate surface area is 140 Å². The zero-order chi connectivity index (χ0) is 18.0. The average molecular weight is 353 g/mol. The van der Waals surface area contributed by atoms with E-state index < -0.39 is 21.5 Å². The van der Waals surface area contributed by atoms with Crippen molar-refractivity contribution in [3.63, 3.8) is 0 Å². The fourth-order valence-electron chi connectivity index (χ4n) is 1.76. The van der Waals surface area contributed by atoms with Crippen LogP contribution in [0.3, 0.4) is 0 Å². The Morgan fingerprint density at radius 3 is 2.42 bits per heavy atom. The van der Waals surface area contributed by atoms with Gasteiger partial charge in [-0.3, -0.25) is 0 Å². The average Bonchev–Trinajstić information content (AvgIpc) is 2.91. The lowest BCUT2D eigenvalue weighted by molar-refractivity contribution is 0.0518. The standard InChI is InChI=1S/C15H19N3O5S/c1-15(2,3)22-14(19)16-9-12-17-13(18-23-12)10-5-7-11(8-6-10)24(4,20)21/h5-8H,9H2,1-4H3,(H,16,19). The third kappa shape index (κ3) is 5.05. The van der Waals surface area contributed by atoms with Gasteiger partial charge in [0.2, 0.25) is 11.7 Å². The van der Waals surface area contributed by atoms with Crippen molar-refractivity contribution in [3.05, 3.63) is 30.2 Å². The van der Waals surface area contributed by atoms with Crippen LogP contribution in [0, 0.1) is 0 Å². The Morgan fingerprint density at radius 1 is 1.25 bits per heavy atom. The maximum absolute atomic E-state index is 11.6. The minimum Gasteiger partial charge on any atom is -0.444 e. The van der Waals surface area contributed by atoms with Crippen molar-refractivity contribution < 1.29 is 22.5 Å². The summed E-state index contributed by atoms with van der Waals surface area (Å²) in [4.78, 5) is 15.9. The molecule has 130 valence electrons. The number of nitrogens with one attached hydrogen (secondary N) is 1. The van der Waals surface area contributed by atoms with Gasteiger partial charge in [-0.25, -0.2) is 13.2 Å². The zero-order valence-corrected chi connectivity index (χ0v) is 14.7. The molecule has 0 fully saturated rings. The highest BCUT2D eigenvalue weighted by molar-refractivity contribution is 7.90. The van der Waals surface area contributed by atoms with E-state index in [9.17, 15) is 13.2 Å². The number of hydrogen-bond acceptors (Lipinski definition) is 7. The predicted octanol–water partition coefficient (Wildman–Crippen LogP) is 2.16. The summed E-state index contributed by atoms with van der Waals surface area (Å²) >= 11 is 0. The second-order valence-corrected chi connectivity index (χ2v) is 8.18. The minimum atomic E-state index is -3.26. The van der Waals surface area contributed by atoms with Crippen LogP contribution in [-0.2, 0) is 21.1 Å². The smallest absolute Gasteiger partial charge is 0.408 e. The first-order valence-corrected chi connectivity index (χ1v) is 9.04. The number of benzene rings is 1. The van der Waals surface area contributed by atoms with Crippen LogP contribution in [0.1, 0.15) is 26.7 Å². The molecule has 0 radical (unpaired) electrons. The van der Waals surface area contributed by atoms with Gasteiger partial charge in [-0.05, 0) is 45.0 Å². The molecule has 0 atom stereocenters. The number of alkyl carbamates (subject to hydrolysis) is 1. The molecule has 0 aliphatic carbocycles. The fourth-order valence-corrected chi connectivity index (χ4v) is 2.39. The van der Waals surface area contributed by atoms with Gasteiger partial charge in [0.1, 0.15) is 12.1 Å². The number of nitrogens with zero attached hydrogens (tertiary/aromatic N) is 2. The van der Waals surface area contributed by atoms with Gasteiger partial charge in [0, 0.05) is 11.8 Å². The molecule has 1 amide bonds. The van der Waals surface area contributed by atoms with Crippen molar-refractivity contribution >= 4 is 15.9 Å². The molecule has 2 rings (SSSR count). The number of aromatic nitrogens is 2. The third-order valence-corrected chi connectivity index (χ3v) is 3.92. The van der Waals surface area contributed by atoms with Crippen LogP contribution >= 0.6 is 0 Å². The molecule has 1 N–H and O–H groups in total. The Kier molecular flexibility index (Phi) is 4.93. The van der Waals surface area contributed by atoms with E-state index in [1.807, 2.05) is 0 Å². The molecule has 0 aliphatic rings. The van der Waals surface area contributed by atoms with E-state index in [-0.39, 0.29) is 17.3 Å². The van der Waals surface area contributed by atoms with E-state index in [0.717, 1.165) is 6.26 Å². The van der Waals surface area contributed by atoms with Gasteiger partial charge in [0.25, 0.3) is 0 Å². The monoisotopic (exact) mass is 353 g/mol. The van der Waals surface area contributed by atoms with E-state index in [1.54, 1.807) is 32.9 Å². The molecule has 0 saturated heterocycles. The lowest BCUT2D eigenvalue weighted by atomic mass is 10.2. The van der Waals surface area contributed by atoms with Crippen molar-refractivity contribution in [1.82, 2.24) is 15.5 Å². The van der Waals surface area contributed by atoms with E-state index in [4.69, 9.17) is 9.26 Å². The number of sulfone groups is 1. The summed E-state index contributed by atoms with van der Waals surface area (Å²) in [6.45, 7) is 5.32. The lowest BCUT2D eigenvalue weighted by Gasteiger charge is -2.19. The van der Waals surface area contributed by atoms with Gasteiger partial charge in [-0.2, -0.15) is 4.98 Å². The van der Waals surface area contributed by atoms with Crippen LogP contribution in [0.2, 0.25) is 0 Å². The number of amides is 1. The SMILES string of the molecule is CC(C)(C)OC(=O)NCc1nc(-c2ccc(S(C)(=O)=O)cc2)no1. The van der Waals surface area contributed by atoms with Gasteiger partial charge in [0.15, 0.2) is 9.84 Å². The highest BCUT2D eigenvalue weighted by atomic mass is 32.2. The van der Waals surface area contributed by atoms with E-state index >= 15 is 0 Å². The fraction of sp³-hybridized carbons (Fsp3) is 0.400. The molecule has 0 aliphatic heterocycles. The first-order valence-electron chi connectivity index (χ1n) is 7.14. The Morgan fingerprint density at radius 2 is 1.88 bits per heavy atom. The van der Waals surface area contributed by atoms with Gasteiger partial charge < -0.3 is 14.6 Å². The molecule has 0 unspecified atom stereocenters. The number of carbonyl (C=O) groups excluding carboxylic acids is 1. The van der Waals surface area contributed by atoms with Crippen molar-refractivity contribution in [2.24, 2.45) is 0 Å². The second-order valence-electron chi connectivity index (χ2n) is 6.16. The summed E-state index contributed by atoms with van der Waals surface area (Å²) in [5, 5.41) is 6.32. The lowest BCUT2D eigenvalue weighted by Crippen LogP contribution is -2.32. The van der Waals surface area contributed by atoms with Crippen molar-refractivity contribution in [3.8, 4) is 11.4 Å². The molecule has 2 aromatic rings. The van der Waals surface area contributed by atoms with Crippen molar-refractivity contribution in [2.45, 2.75) is 37.8 Å². The largest absolute Gasteiger partial charge is 0.444 e. The summed E-state index contributed by atoms with van der Waals surface area (Å²) in [5.74, 6) is 0.513. The summed E-state index contributed by atoms with van der Waals surface area (Å²) in [5.41, 5.74) is 0.0144. The second kappa shape index (κ2) is 6.60. The molecule has 1 aromatic carbocycles. The van der Waals surface area contributed by atoms with Crippen LogP contribution in [0.25, 0.3) is 11.4 Å². The molecule has 1 aromatic heterocycles. The third-order valence-electron chi connectivity index (χ3n) is 2.79. The van der Waals surface area contributed by atoms with Crippen LogP contribution < -0.4 is 5.32 Å². The number of rotatable bonds is 4. The molecule has 24 heavy (non-hydrogen) atoms. The molecule has 1 heterocycles. The Balaban J connectivity index is 2.02. The minimum absolute atomic E-state index is 0.0311. The van der Waals surface area contributed by atoms with Crippen molar-refractivity contribution in [2.75, 3.05) is 6.26 Å². The van der Waals surface area contributed by atoms with Gasteiger partial charge in [-0.1, -0.05) is 5.16 Å². The quantitative estimate of drug-likeness (QED) is 0.896. The molecule has 8 nitrogen and oxygen atoms in total. The summed E-state index contributed by atoms with van der Waals surface area (Å²) in [7, 11) is -3.26. The summed E-state index contributed by atoms with van der Waals surface area (Å²) in [6, 6.07) is 6.12. The topological polar surface area (TPSA) is 111 Å². The maximum atomic E-state index is 11.6. The number of carbonyl (C=O) groups is 1. The predicted molar refractivity (Wildman–Crippen MR) is 85.9 cm³/mol. The van der Waals surface area contributed by atoms with Crippen molar-refractivity contribution in [1.29, 1.82) is 0 Å². The van der Waals surface area contributed by atoms with Crippen LogP contribution in [0.5, 0.6) is 0 Å². The van der Waals surface area contributed by atoms with E-state index in [1.165, 1.54) is 12.1 Å². The molecule has 0 saturated carbocycles. The van der Waals surface area contributed by atoms with Gasteiger partial charge in [-0.15, -0.1) is 0 Å². The molecule has 0 bridgehead atoms. The summed E-state index contributed by atoms with van der Waals surface area (Å²) < 4.78 is 33.0. The zero-order valence-electron chi connectivity index (χ0n) is 13.9. The first-order chi connectivity index (χ1) is 11.0. The highest BCUT2D eigenvalue weighted by Gasteiger charge is 2.17. The molecular weight excluding hydrogens is 334 g/mol. The Bertz CT molecular complexity index is 820. The number of ether oxygens (including phenoxy) is 1. The molecular formula is C15H19N3O5S. The maximum Gasteiger partial charge on any atom is 0.408 e.